The third-order valence-corrected chi connectivity index (χ3v) is 6.32. The number of anilines is 1. The topological polar surface area (TPSA) is 89.2 Å². The Morgan fingerprint density at radius 2 is 1.75 bits per heavy atom. The smallest absolute Gasteiger partial charge is 0.246 e. The van der Waals surface area contributed by atoms with Crippen molar-refractivity contribution in [2.45, 2.75) is 49.5 Å². The summed E-state index contributed by atoms with van der Waals surface area (Å²) < 4.78 is 27.2. The summed E-state index contributed by atoms with van der Waals surface area (Å²) in [7, 11) is -3.50. The van der Waals surface area contributed by atoms with Gasteiger partial charge in [0.1, 0.15) is 4.90 Å². The van der Waals surface area contributed by atoms with Crippen LogP contribution in [0.5, 0.6) is 0 Å². The summed E-state index contributed by atoms with van der Waals surface area (Å²) >= 11 is 0. The monoisotopic (exact) mass is 296 g/mol. The molecular weight excluding hydrogens is 276 g/mol. The molecule has 0 amide bonds. The van der Waals surface area contributed by atoms with E-state index < -0.39 is 10.0 Å². The number of hydrogen-bond acceptors (Lipinski definition) is 5. The molecule has 0 bridgehead atoms. The van der Waals surface area contributed by atoms with Crippen molar-refractivity contribution in [3.8, 4) is 0 Å². The quantitative estimate of drug-likeness (QED) is 0.891. The fourth-order valence-corrected chi connectivity index (χ4v) is 5.12. The fraction of sp³-hybridized carbons (Fsp3) is 0.692. The second kappa shape index (κ2) is 5.29. The van der Waals surface area contributed by atoms with Gasteiger partial charge in [-0.05, 0) is 31.6 Å². The number of nitrogens with two attached hydrogens (primary N) is 1. The summed E-state index contributed by atoms with van der Waals surface area (Å²) in [6, 6.07) is 0.153. The molecule has 0 spiro atoms. The van der Waals surface area contributed by atoms with Gasteiger partial charge >= 0.3 is 0 Å². The maximum Gasteiger partial charge on any atom is 0.246 e. The molecule has 1 aromatic heterocycles. The lowest BCUT2D eigenvalue weighted by Gasteiger charge is -2.43. The van der Waals surface area contributed by atoms with Gasteiger partial charge in [-0.1, -0.05) is 12.8 Å². The van der Waals surface area contributed by atoms with E-state index in [4.69, 9.17) is 5.73 Å². The molecule has 110 valence electrons. The van der Waals surface area contributed by atoms with Crippen LogP contribution >= 0.6 is 0 Å². The molecule has 2 aliphatic rings. The molecular formula is C13H20N4O2S. The van der Waals surface area contributed by atoms with Gasteiger partial charge < -0.3 is 5.73 Å². The zero-order valence-corrected chi connectivity index (χ0v) is 12.2. The highest BCUT2D eigenvalue weighted by Crippen LogP contribution is 2.37. The average Bonchev–Trinajstić information content (AvgIpc) is 2.47. The minimum absolute atomic E-state index is 0.0955. The van der Waals surface area contributed by atoms with Crippen LogP contribution in [0.2, 0.25) is 0 Å². The van der Waals surface area contributed by atoms with Gasteiger partial charge in [-0.15, -0.1) is 0 Å². The third-order valence-electron chi connectivity index (χ3n) is 4.45. The molecule has 20 heavy (non-hydrogen) atoms. The highest BCUT2D eigenvalue weighted by molar-refractivity contribution is 7.89. The van der Waals surface area contributed by atoms with Crippen LogP contribution in [0.3, 0.4) is 0 Å². The van der Waals surface area contributed by atoms with Crippen molar-refractivity contribution in [2.75, 3.05) is 12.3 Å². The van der Waals surface area contributed by atoms with Crippen LogP contribution in [0.25, 0.3) is 0 Å². The van der Waals surface area contributed by atoms with Crippen molar-refractivity contribution < 1.29 is 8.42 Å². The Balaban J connectivity index is 1.91. The molecule has 1 saturated heterocycles. The first-order chi connectivity index (χ1) is 9.59. The third kappa shape index (κ3) is 2.40. The van der Waals surface area contributed by atoms with Crippen molar-refractivity contribution in [1.29, 1.82) is 0 Å². The highest BCUT2D eigenvalue weighted by Gasteiger charge is 2.40. The molecule has 2 N–H and O–H groups in total. The molecule has 1 aromatic rings. The van der Waals surface area contributed by atoms with Crippen LogP contribution in [-0.4, -0.2) is 35.3 Å². The summed E-state index contributed by atoms with van der Waals surface area (Å²) in [5.74, 6) is 0.611. The first kappa shape index (κ1) is 13.8. The van der Waals surface area contributed by atoms with E-state index in [9.17, 15) is 8.42 Å². The van der Waals surface area contributed by atoms with Gasteiger partial charge in [0.05, 0.1) is 12.4 Å². The van der Waals surface area contributed by atoms with E-state index in [1.807, 2.05) is 0 Å². The Bertz CT molecular complexity index is 571. The predicted octanol–water partition coefficient (Wildman–Crippen LogP) is 1.40. The Morgan fingerprint density at radius 3 is 2.50 bits per heavy atom. The van der Waals surface area contributed by atoms with Gasteiger partial charge in [0.25, 0.3) is 0 Å². The molecule has 0 radical (unpaired) electrons. The van der Waals surface area contributed by atoms with Gasteiger partial charge in [-0.2, -0.15) is 4.31 Å². The maximum absolute atomic E-state index is 12.8. The molecule has 6 nitrogen and oxygen atoms in total. The van der Waals surface area contributed by atoms with Crippen LogP contribution < -0.4 is 5.73 Å². The van der Waals surface area contributed by atoms with Crippen LogP contribution in [0.1, 0.15) is 38.5 Å². The second-order valence-electron chi connectivity index (χ2n) is 5.65. The van der Waals surface area contributed by atoms with Gasteiger partial charge in [0, 0.05) is 12.6 Å². The SMILES string of the molecule is Nc1ncc(S(=O)(=O)N2CCCC3CCCCC32)cn1. The van der Waals surface area contributed by atoms with Crippen LogP contribution in [0.15, 0.2) is 17.3 Å². The van der Waals surface area contributed by atoms with E-state index >= 15 is 0 Å². The lowest BCUT2D eigenvalue weighted by molar-refractivity contribution is 0.129. The predicted molar refractivity (Wildman–Crippen MR) is 75.3 cm³/mol. The lowest BCUT2D eigenvalue weighted by Crippen LogP contribution is -2.49. The van der Waals surface area contributed by atoms with Gasteiger partial charge in [0.15, 0.2) is 0 Å². The van der Waals surface area contributed by atoms with Crippen LogP contribution in [0.4, 0.5) is 5.95 Å². The first-order valence-electron chi connectivity index (χ1n) is 7.18. The van der Waals surface area contributed by atoms with E-state index in [1.165, 1.54) is 18.8 Å². The Morgan fingerprint density at radius 1 is 1.10 bits per heavy atom. The van der Waals surface area contributed by atoms with Gasteiger partial charge in [0.2, 0.25) is 16.0 Å². The number of rotatable bonds is 2. The lowest BCUT2D eigenvalue weighted by atomic mass is 9.79. The van der Waals surface area contributed by atoms with Gasteiger partial charge in [-0.25, -0.2) is 18.4 Å². The molecule has 2 atom stereocenters. The van der Waals surface area contributed by atoms with Crippen LogP contribution in [0, 0.1) is 5.92 Å². The number of aromatic nitrogens is 2. The Hall–Kier alpha value is -1.21. The molecule has 1 saturated carbocycles. The second-order valence-corrected chi connectivity index (χ2v) is 7.54. The summed E-state index contributed by atoms with van der Waals surface area (Å²) in [4.78, 5) is 7.76. The fourth-order valence-electron chi connectivity index (χ4n) is 3.47. The average molecular weight is 296 g/mol. The minimum Gasteiger partial charge on any atom is -0.368 e. The first-order valence-corrected chi connectivity index (χ1v) is 8.62. The number of hydrogen-bond donors (Lipinski definition) is 1. The van der Waals surface area contributed by atoms with Crippen molar-refractivity contribution in [2.24, 2.45) is 5.92 Å². The Kier molecular flexibility index (Phi) is 3.64. The van der Waals surface area contributed by atoms with E-state index in [0.717, 1.165) is 32.1 Å². The maximum atomic E-state index is 12.8. The zero-order chi connectivity index (χ0) is 14.2. The summed E-state index contributed by atoms with van der Waals surface area (Å²) in [6.07, 6.45) is 9.17. The molecule has 7 heteroatoms. The standard InChI is InChI=1S/C13H20N4O2S/c14-13-15-8-11(9-16-13)20(18,19)17-7-3-5-10-4-1-2-6-12(10)17/h8-10,12H,1-7H2,(H2,14,15,16). The number of nitrogens with zero attached hydrogens (tertiary/aromatic N) is 3. The van der Waals surface area contributed by atoms with E-state index in [-0.39, 0.29) is 16.9 Å². The minimum atomic E-state index is -3.50. The number of fused-ring (bicyclic) bond motifs is 1. The van der Waals surface area contributed by atoms with E-state index in [2.05, 4.69) is 9.97 Å². The molecule has 2 unspecified atom stereocenters. The summed E-state index contributed by atoms with van der Waals surface area (Å²) in [6.45, 7) is 0.605. The van der Waals surface area contributed by atoms with Crippen molar-refractivity contribution in [3.05, 3.63) is 12.4 Å². The number of sulfonamides is 1. The summed E-state index contributed by atoms with van der Waals surface area (Å²) in [5, 5.41) is 0. The van der Waals surface area contributed by atoms with Crippen molar-refractivity contribution >= 4 is 16.0 Å². The summed E-state index contributed by atoms with van der Waals surface area (Å²) in [5.41, 5.74) is 5.42. The normalized spacial score (nSPS) is 28.0. The zero-order valence-electron chi connectivity index (χ0n) is 11.4. The van der Waals surface area contributed by atoms with Gasteiger partial charge in [-0.3, -0.25) is 0 Å². The number of piperidine rings is 1. The molecule has 1 aliphatic heterocycles. The van der Waals surface area contributed by atoms with Crippen molar-refractivity contribution in [1.82, 2.24) is 14.3 Å². The highest BCUT2D eigenvalue weighted by atomic mass is 32.2. The van der Waals surface area contributed by atoms with E-state index in [1.54, 1.807) is 4.31 Å². The molecule has 3 rings (SSSR count). The largest absolute Gasteiger partial charge is 0.368 e. The number of nitrogen functional groups attached to an aromatic ring is 1. The van der Waals surface area contributed by atoms with E-state index in [0.29, 0.717) is 12.5 Å². The van der Waals surface area contributed by atoms with Crippen LogP contribution in [-0.2, 0) is 10.0 Å². The molecule has 2 heterocycles. The molecule has 2 fully saturated rings. The Labute approximate surface area is 119 Å². The molecule has 0 aromatic carbocycles. The van der Waals surface area contributed by atoms with Crippen molar-refractivity contribution in [3.63, 3.8) is 0 Å². The molecule has 1 aliphatic carbocycles.